The lowest BCUT2D eigenvalue weighted by Crippen LogP contribution is -2.36. The molecule has 1 saturated heterocycles. The van der Waals surface area contributed by atoms with Crippen LogP contribution in [0.25, 0.3) is 0 Å². The van der Waals surface area contributed by atoms with Crippen molar-refractivity contribution in [1.29, 1.82) is 0 Å². The largest absolute Gasteiger partial charge is 0.314 e. The van der Waals surface area contributed by atoms with E-state index in [0.29, 0.717) is 12.0 Å². The van der Waals surface area contributed by atoms with Crippen LogP contribution in [0.1, 0.15) is 57.2 Å². The molecule has 1 N–H and O–H groups in total. The Labute approximate surface area is 128 Å². The highest BCUT2D eigenvalue weighted by atomic mass is 15.3. The van der Waals surface area contributed by atoms with Gasteiger partial charge in [-0.2, -0.15) is 5.10 Å². The Bertz CT molecular complexity index is 438. The molecular weight excluding hydrogens is 260 g/mol. The van der Waals surface area contributed by atoms with Gasteiger partial charge in [0.25, 0.3) is 0 Å². The van der Waals surface area contributed by atoms with Gasteiger partial charge in [-0.05, 0) is 57.7 Å². The molecule has 2 heterocycles. The SMILES string of the molecule is CCCn1nccc1C1C(CNC2CC2)CCCCN1C. The molecule has 4 heteroatoms. The molecule has 4 nitrogen and oxygen atoms in total. The lowest BCUT2D eigenvalue weighted by Gasteiger charge is -2.33. The van der Waals surface area contributed by atoms with E-state index in [-0.39, 0.29) is 0 Å². The molecule has 1 aliphatic heterocycles. The van der Waals surface area contributed by atoms with Crippen LogP contribution in [0.5, 0.6) is 0 Å². The third kappa shape index (κ3) is 3.67. The van der Waals surface area contributed by atoms with Gasteiger partial charge < -0.3 is 5.32 Å². The minimum Gasteiger partial charge on any atom is -0.314 e. The molecule has 0 radical (unpaired) electrons. The van der Waals surface area contributed by atoms with Crippen molar-refractivity contribution >= 4 is 0 Å². The molecule has 1 aromatic rings. The Morgan fingerprint density at radius 1 is 1.29 bits per heavy atom. The molecule has 3 rings (SSSR count). The van der Waals surface area contributed by atoms with Crippen LogP contribution < -0.4 is 5.32 Å². The summed E-state index contributed by atoms with van der Waals surface area (Å²) in [7, 11) is 2.30. The molecule has 0 amide bonds. The van der Waals surface area contributed by atoms with Crippen LogP contribution >= 0.6 is 0 Å². The summed E-state index contributed by atoms with van der Waals surface area (Å²) in [6, 6.07) is 3.57. The van der Waals surface area contributed by atoms with Crippen molar-refractivity contribution < 1.29 is 0 Å². The summed E-state index contributed by atoms with van der Waals surface area (Å²) < 4.78 is 2.23. The van der Waals surface area contributed by atoms with Crippen LogP contribution in [0.2, 0.25) is 0 Å². The zero-order valence-corrected chi connectivity index (χ0v) is 13.6. The fourth-order valence-corrected chi connectivity index (χ4v) is 3.70. The van der Waals surface area contributed by atoms with Crippen LogP contribution in [0.4, 0.5) is 0 Å². The summed E-state index contributed by atoms with van der Waals surface area (Å²) in [4.78, 5) is 2.56. The summed E-state index contributed by atoms with van der Waals surface area (Å²) in [6.45, 7) is 5.64. The van der Waals surface area contributed by atoms with E-state index in [0.717, 1.165) is 25.6 Å². The number of nitrogens with zero attached hydrogens (tertiary/aromatic N) is 3. The molecule has 2 atom stereocenters. The average molecular weight is 290 g/mol. The molecule has 2 aliphatic rings. The van der Waals surface area contributed by atoms with Crippen LogP contribution in [0, 0.1) is 5.92 Å². The smallest absolute Gasteiger partial charge is 0.0559 e. The molecule has 1 saturated carbocycles. The van der Waals surface area contributed by atoms with Crippen LogP contribution in [-0.2, 0) is 6.54 Å². The Morgan fingerprint density at radius 2 is 2.14 bits per heavy atom. The quantitative estimate of drug-likeness (QED) is 0.874. The number of hydrogen-bond donors (Lipinski definition) is 1. The Hall–Kier alpha value is -0.870. The number of nitrogens with one attached hydrogen (secondary N) is 1. The Balaban J connectivity index is 1.78. The number of aromatic nitrogens is 2. The van der Waals surface area contributed by atoms with E-state index in [2.05, 4.69) is 40.0 Å². The van der Waals surface area contributed by atoms with Gasteiger partial charge in [-0.1, -0.05) is 13.3 Å². The molecule has 0 spiro atoms. The number of likely N-dealkylation sites (tertiary alicyclic amines) is 1. The highest BCUT2D eigenvalue weighted by Gasteiger charge is 2.32. The maximum Gasteiger partial charge on any atom is 0.0559 e. The van der Waals surface area contributed by atoms with Gasteiger partial charge in [0.2, 0.25) is 0 Å². The molecule has 0 aromatic carbocycles. The molecule has 1 aliphatic carbocycles. The van der Waals surface area contributed by atoms with Gasteiger partial charge in [0.15, 0.2) is 0 Å². The van der Waals surface area contributed by atoms with E-state index >= 15 is 0 Å². The van der Waals surface area contributed by atoms with E-state index in [4.69, 9.17) is 0 Å². The highest BCUT2D eigenvalue weighted by molar-refractivity contribution is 5.10. The third-order valence-electron chi connectivity index (χ3n) is 4.99. The second kappa shape index (κ2) is 6.93. The molecule has 21 heavy (non-hydrogen) atoms. The predicted molar refractivity (Wildman–Crippen MR) is 86.3 cm³/mol. The Morgan fingerprint density at radius 3 is 2.90 bits per heavy atom. The summed E-state index contributed by atoms with van der Waals surface area (Å²) >= 11 is 0. The lowest BCUT2D eigenvalue weighted by atomic mass is 9.92. The van der Waals surface area contributed by atoms with Crippen LogP contribution in [0.3, 0.4) is 0 Å². The summed E-state index contributed by atoms with van der Waals surface area (Å²) in [5.41, 5.74) is 1.42. The van der Waals surface area contributed by atoms with Gasteiger partial charge in [0, 0.05) is 25.3 Å². The number of aryl methyl sites for hydroxylation is 1. The van der Waals surface area contributed by atoms with Gasteiger partial charge in [-0.15, -0.1) is 0 Å². The van der Waals surface area contributed by atoms with Crippen LogP contribution in [-0.4, -0.2) is 40.9 Å². The van der Waals surface area contributed by atoms with E-state index in [1.807, 2.05) is 6.20 Å². The van der Waals surface area contributed by atoms with Gasteiger partial charge in [0.05, 0.1) is 11.7 Å². The van der Waals surface area contributed by atoms with Crippen molar-refractivity contribution in [2.24, 2.45) is 5.92 Å². The summed E-state index contributed by atoms with van der Waals surface area (Å²) in [5, 5.41) is 8.32. The molecule has 2 fully saturated rings. The summed E-state index contributed by atoms with van der Waals surface area (Å²) in [5.74, 6) is 0.713. The van der Waals surface area contributed by atoms with Gasteiger partial charge >= 0.3 is 0 Å². The van der Waals surface area contributed by atoms with Gasteiger partial charge in [-0.25, -0.2) is 0 Å². The minimum atomic E-state index is 0.521. The first-order valence-electron chi connectivity index (χ1n) is 8.75. The summed E-state index contributed by atoms with van der Waals surface area (Å²) in [6.07, 6.45) is 9.91. The topological polar surface area (TPSA) is 33.1 Å². The maximum absolute atomic E-state index is 4.56. The second-order valence-electron chi connectivity index (χ2n) is 6.84. The van der Waals surface area contributed by atoms with E-state index in [1.54, 1.807) is 0 Å². The Kier molecular flexibility index (Phi) is 4.96. The van der Waals surface area contributed by atoms with E-state index in [1.165, 1.54) is 44.3 Å². The molecule has 0 bridgehead atoms. The van der Waals surface area contributed by atoms with Gasteiger partial charge in [0.1, 0.15) is 0 Å². The van der Waals surface area contributed by atoms with Crippen molar-refractivity contribution in [3.8, 4) is 0 Å². The zero-order chi connectivity index (χ0) is 14.7. The first-order valence-corrected chi connectivity index (χ1v) is 8.75. The fourth-order valence-electron chi connectivity index (χ4n) is 3.70. The maximum atomic E-state index is 4.56. The second-order valence-corrected chi connectivity index (χ2v) is 6.84. The fraction of sp³-hybridized carbons (Fsp3) is 0.824. The van der Waals surface area contributed by atoms with E-state index in [9.17, 15) is 0 Å². The first-order chi connectivity index (χ1) is 10.3. The van der Waals surface area contributed by atoms with Crippen molar-refractivity contribution in [3.05, 3.63) is 18.0 Å². The zero-order valence-electron chi connectivity index (χ0n) is 13.6. The monoisotopic (exact) mass is 290 g/mol. The molecule has 1 aromatic heterocycles. The molecule has 118 valence electrons. The van der Waals surface area contributed by atoms with E-state index < -0.39 is 0 Å². The standard InChI is InChI=1S/C17H30N4/c1-3-11-21-16(9-10-19-21)17-14(13-18-15-7-8-15)6-4-5-12-20(17)2/h9-10,14-15,17-18H,3-8,11-13H2,1-2H3. The first kappa shape index (κ1) is 15.0. The third-order valence-corrected chi connectivity index (χ3v) is 4.99. The normalized spacial score (nSPS) is 27.7. The number of hydrogen-bond acceptors (Lipinski definition) is 3. The average Bonchev–Trinajstić information content (AvgIpc) is 3.23. The lowest BCUT2D eigenvalue weighted by molar-refractivity contribution is 0.178. The number of rotatable bonds is 6. The highest BCUT2D eigenvalue weighted by Crippen LogP contribution is 2.34. The minimum absolute atomic E-state index is 0.521. The predicted octanol–water partition coefficient (Wildman–Crippen LogP) is 2.82. The van der Waals surface area contributed by atoms with Crippen molar-refractivity contribution in [2.75, 3.05) is 20.1 Å². The molecule has 2 unspecified atom stereocenters. The van der Waals surface area contributed by atoms with Crippen LogP contribution in [0.15, 0.2) is 12.3 Å². The molecular formula is C17H30N4. The van der Waals surface area contributed by atoms with Crippen molar-refractivity contribution in [2.45, 2.75) is 64.1 Å². The van der Waals surface area contributed by atoms with Gasteiger partial charge in [-0.3, -0.25) is 9.58 Å². The van der Waals surface area contributed by atoms with Crippen molar-refractivity contribution in [3.63, 3.8) is 0 Å². The van der Waals surface area contributed by atoms with Crippen molar-refractivity contribution in [1.82, 2.24) is 20.0 Å².